The van der Waals surface area contributed by atoms with Gasteiger partial charge in [0, 0.05) is 14.2 Å². The monoisotopic (exact) mass is 284 g/mol. The van der Waals surface area contributed by atoms with Gasteiger partial charge in [-0.05, 0) is 57.3 Å². The second-order valence-corrected chi connectivity index (χ2v) is 6.74. The van der Waals surface area contributed by atoms with E-state index in [1.807, 2.05) is 7.11 Å². The van der Waals surface area contributed by atoms with Gasteiger partial charge in [0.25, 0.3) is 0 Å². The Kier molecular flexibility index (Phi) is 6.79. The number of hydrogen-bond acceptors (Lipinski definition) is 3. The van der Waals surface area contributed by atoms with Crippen molar-refractivity contribution in [2.24, 2.45) is 11.8 Å². The molecule has 0 radical (unpaired) electrons. The molecule has 118 valence electrons. The Labute approximate surface area is 124 Å². The second kappa shape index (κ2) is 8.35. The summed E-state index contributed by atoms with van der Waals surface area (Å²) in [7, 11) is 3.61. The molecule has 0 spiro atoms. The minimum atomic E-state index is 0.224. The lowest BCUT2D eigenvalue weighted by Gasteiger charge is -2.39. The first-order chi connectivity index (χ1) is 9.72. The molecule has 2 aliphatic rings. The van der Waals surface area contributed by atoms with Crippen LogP contribution in [0.25, 0.3) is 0 Å². The van der Waals surface area contributed by atoms with Gasteiger partial charge in [-0.2, -0.15) is 0 Å². The summed E-state index contributed by atoms with van der Waals surface area (Å²) in [5, 5.41) is 0. The highest BCUT2D eigenvalue weighted by Gasteiger charge is 2.32. The highest BCUT2D eigenvalue weighted by Crippen LogP contribution is 2.39. The van der Waals surface area contributed by atoms with Crippen molar-refractivity contribution in [1.29, 1.82) is 0 Å². The molecule has 2 fully saturated rings. The third-order valence-corrected chi connectivity index (χ3v) is 5.16. The van der Waals surface area contributed by atoms with Crippen molar-refractivity contribution >= 4 is 0 Å². The Balaban J connectivity index is 1.80. The molecule has 0 aromatic rings. The fraction of sp³-hybridized carbons (Fsp3) is 1.00. The lowest BCUT2D eigenvalue weighted by Crippen LogP contribution is -2.34. The fourth-order valence-electron chi connectivity index (χ4n) is 4.16. The van der Waals surface area contributed by atoms with E-state index in [9.17, 15) is 0 Å². The molecule has 5 atom stereocenters. The first-order valence-corrected chi connectivity index (χ1v) is 8.40. The molecule has 0 heterocycles. The molecule has 0 amide bonds. The molecule has 2 rings (SSSR count). The average molecular weight is 284 g/mol. The smallest absolute Gasteiger partial charge is 0.0784 e. The predicted molar refractivity (Wildman–Crippen MR) is 80.9 cm³/mol. The van der Waals surface area contributed by atoms with Gasteiger partial charge >= 0.3 is 0 Å². The van der Waals surface area contributed by atoms with Gasteiger partial charge in [-0.3, -0.25) is 0 Å². The molecule has 0 bridgehead atoms. The van der Waals surface area contributed by atoms with Crippen LogP contribution in [0.15, 0.2) is 0 Å². The van der Waals surface area contributed by atoms with Crippen LogP contribution >= 0.6 is 0 Å². The van der Waals surface area contributed by atoms with E-state index >= 15 is 0 Å². The van der Waals surface area contributed by atoms with Gasteiger partial charge in [-0.25, -0.2) is 0 Å². The van der Waals surface area contributed by atoms with Crippen LogP contribution in [0, 0.1) is 11.8 Å². The molecule has 0 aromatic heterocycles. The van der Waals surface area contributed by atoms with Gasteiger partial charge < -0.3 is 14.2 Å². The van der Waals surface area contributed by atoms with Crippen LogP contribution in [0.3, 0.4) is 0 Å². The molecule has 0 N–H and O–H groups in total. The zero-order valence-electron chi connectivity index (χ0n) is 13.5. The molecular formula is C17H32O3. The van der Waals surface area contributed by atoms with E-state index in [1.54, 1.807) is 7.11 Å². The summed E-state index contributed by atoms with van der Waals surface area (Å²) in [6.45, 7) is 2.82. The Morgan fingerprint density at radius 2 is 1.50 bits per heavy atom. The summed E-state index contributed by atoms with van der Waals surface area (Å²) in [6.07, 6.45) is 11.6. The van der Waals surface area contributed by atoms with Crippen LogP contribution in [0.5, 0.6) is 0 Å². The van der Waals surface area contributed by atoms with Crippen molar-refractivity contribution in [3.05, 3.63) is 0 Å². The van der Waals surface area contributed by atoms with E-state index < -0.39 is 0 Å². The van der Waals surface area contributed by atoms with Crippen molar-refractivity contribution in [3.8, 4) is 0 Å². The molecule has 0 aromatic carbocycles. The van der Waals surface area contributed by atoms with Crippen molar-refractivity contribution in [2.45, 2.75) is 76.6 Å². The summed E-state index contributed by atoms with van der Waals surface area (Å²) in [6, 6.07) is 0. The van der Waals surface area contributed by atoms with E-state index in [0.717, 1.165) is 11.8 Å². The quantitative estimate of drug-likeness (QED) is 0.742. The Bertz CT molecular complexity index is 269. The first kappa shape index (κ1) is 16.3. The number of hydrogen-bond donors (Lipinski definition) is 0. The highest BCUT2D eigenvalue weighted by atomic mass is 16.5. The summed E-state index contributed by atoms with van der Waals surface area (Å²) in [4.78, 5) is 0. The molecule has 5 unspecified atom stereocenters. The van der Waals surface area contributed by atoms with E-state index in [1.165, 1.54) is 51.4 Å². The van der Waals surface area contributed by atoms with Crippen molar-refractivity contribution in [1.82, 2.24) is 0 Å². The van der Waals surface area contributed by atoms with E-state index in [0.29, 0.717) is 18.8 Å². The van der Waals surface area contributed by atoms with Crippen LogP contribution < -0.4 is 0 Å². The summed E-state index contributed by atoms with van der Waals surface area (Å²) in [5.74, 6) is 1.71. The highest BCUT2D eigenvalue weighted by molar-refractivity contribution is 4.84. The Morgan fingerprint density at radius 1 is 0.900 bits per heavy atom. The zero-order valence-corrected chi connectivity index (χ0v) is 13.5. The maximum atomic E-state index is 6.15. The number of methoxy groups -OCH3 is 2. The van der Waals surface area contributed by atoms with Gasteiger partial charge in [0.05, 0.1) is 24.9 Å². The lowest BCUT2D eigenvalue weighted by atomic mass is 9.72. The molecule has 20 heavy (non-hydrogen) atoms. The molecule has 2 aliphatic carbocycles. The zero-order chi connectivity index (χ0) is 14.4. The lowest BCUT2D eigenvalue weighted by molar-refractivity contribution is -0.0692. The minimum Gasteiger partial charge on any atom is -0.382 e. The fourth-order valence-corrected chi connectivity index (χ4v) is 4.16. The Hall–Kier alpha value is -0.120. The van der Waals surface area contributed by atoms with Crippen molar-refractivity contribution in [2.75, 3.05) is 20.8 Å². The molecule has 3 heteroatoms. The van der Waals surface area contributed by atoms with Crippen LogP contribution in [-0.2, 0) is 14.2 Å². The van der Waals surface area contributed by atoms with Crippen LogP contribution in [0.4, 0.5) is 0 Å². The van der Waals surface area contributed by atoms with Gasteiger partial charge in [-0.1, -0.05) is 12.8 Å². The second-order valence-electron chi connectivity index (χ2n) is 6.74. The van der Waals surface area contributed by atoms with Gasteiger partial charge in [-0.15, -0.1) is 0 Å². The summed E-state index contributed by atoms with van der Waals surface area (Å²) >= 11 is 0. The maximum Gasteiger partial charge on any atom is 0.0784 e. The number of rotatable bonds is 6. The van der Waals surface area contributed by atoms with Gasteiger partial charge in [0.15, 0.2) is 0 Å². The van der Waals surface area contributed by atoms with E-state index in [-0.39, 0.29) is 6.10 Å². The number of ether oxygens (including phenoxy) is 3. The topological polar surface area (TPSA) is 27.7 Å². The van der Waals surface area contributed by atoms with Gasteiger partial charge in [0.2, 0.25) is 0 Å². The average Bonchev–Trinajstić information content (AvgIpc) is 2.48. The van der Waals surface area contributed by atoms with Crippen molar-refractivity contribution in [3.63, 3.8) is 0 Å². The SMILES string of the molecule is COCC(C)OC1CCCC(C2CCCC(OC)C2)C1. The predicted octanol–water partition coefficient (Wildman–Crippen LogP) is 3.80. The normalized spacial score (nSPS) is 36.8. The largest absolute Gasteiger partial charge is 0.382 e. The van der Waals surface area contributed by atoms with Crippen LogP contribution in [0.2, 0.25) is 0 Å². The molecular weight excluding hydrogens is 252 g/mol. The van der Waals surface area contributed by atoms with E-state index in [2.05, 4.69) is 6.92 Å². The van der Waals surface area contributed by atoms with Crippen molar-refractivity contribution < 1.29 is 14.2 Å². The van der Waals surface area contributed by atoms with E-state index in [4.69, 9.17) is 14.2 Å². The van der Waals surface area contributed by atoms with Crippen LogP contribution in [0.1, 0.15) is 58.3 Å². The summed E-state index contributed by atoms with van der Waals surface area (Å²) in [5.41, 5.74) is 0. The standard InChI is InChI=1S/C17H32O3/c1-13(12-18-2)20-17-9-5-7-15(11-17)14-6-4-8-16(10-14)19-3/h13-17H,4-12H2,1-3H3. The van der Waals surface area contributed by atoms with Gasteiger partial charge in [0.1, 0.15) is 0 Å². The molecule has 0 aliphatic heterocycles. The third-order valence-electron chi connectivity index (χ3n) is 5.16. The summed E-state index contributed by atoms with van der Waals surface area (Å²) < 4.78 is 16.9. The Morgan fingerprint density at radius 3 is 2.10 bits per heavy atom. The first-order valence-electron chi connectivity index (χ1n) is 8.40. The molecule has 2 saturated carbocycles. The minimum absolute atomic E-state index is 0.224. The maximum absolute atomic E-state index is 6.15. The molecule has 0 saturated heterocycles. The van der Waals surface area contributed by atoms with Crippen LogP contribution in [-0.4, -0.2) is 39.1 Å². The molecule has 3 nitrogen and oxygen atoms in total. The third kappa shape index (κ3) is 4.71.